The molecule has 0 amide bonds. The van der Waals surface area contributed by atoms with Crippen molar-refractivity contribution in [3.8, 4) is 0 Å². The first-order chi connectivity index (χ1) is 5.34. The number of aliphatic hydroxyl groups excluding tert-OH is 1. The summed E-state index contributed by atoms with van der Waals surface area (Å²) in [5.74, 6) is 0. The van der Waals surface area contributed by atoms with Crippen molar-refractivity contribution in [2.75, 3.05) is 13.2 Å². The summed E-state index contributed by atoms with van der Waals surface area (Å²) < 4.78 is 4.86. The van der Waals surface area contributed by atoms with Crippen molar-refractivity contribution >= 4 is 11.6 Å². The third-order valence-electron chi connectivity index (χ3n) is 1.30. The van der Waals surface area contributed by atoms with E-state index in [1.165, 1.54) is 6.26 Å². The van der Waals surface area contributed by atoms with Gasteiger partial charge < -0.3 is 14.8 Å². The molecule has 0 atom stereocenters. The van der Waals surface area contributed by atoms with Crippen LogP contribution < -0.4 is 5.32 Å². The summed E-state index contributed by atoms with van der Waals surface area (Å²) in [5, 5.41) is 11.8. The van der Waals surface area contributed by atoms with Crippen molar-refractivity contribution in [3.63, 3.8) is 0 Å². The molecule has 4 heteroatoms. The predicted octanol–water partition coefficient (Wildman–Crippen LogP) is 1.01. The second-order valence-corrected chi connectivity index (χ2v) is 2.46. The molecule has 0 saturated heterocycles. The van der Waals surface area contributed by atoms with Crippen molar-refractivity contribution in [2.24, 2.45) is 0 Å². The lowest BCUT2D eigenvalue weighted by molar-refractivity contribution is 0.292. The Bertz CT molecular complexity index is 212. The topological polar surface area (TPSA) is 45.4 Å². The number of rotatable bonds is 4. The molecule has 0 spiro atoms. The van der Waals surface area contributed by atoms with Crippen LogP contribution >= 0.6 is 11.6 Å². The van der Waals surface area contributed by atoms with Gasteiger partial charge >= 0.3 is 0 Å². The molecule has 0 saturated carbocycles. The first-order valence-electron chi connectivity index (χ1n) is 3.38. The molecule has 0 aliphatic rings. The lowest BCUT2D eigenvalue weighted by atomic mass is 10.3. The number of furan rings is 1. The summed E-state index contributed by atoms with van der Waals surface area (Å²) in [4.78, 5) is 0. The molecule has 62 valence electrons. The molecule has 0 aromatic carbocycles. The van der Waals surface area contributed by atoms with Gasteiger partial charge in [0.05, 0.1) is 12.9 Å². The third-order valence-corrected chi connectivity index (χ3v) is 1.63. The summed E-state index contributed by atoms with van der Waals surface area (Å²) in [6.45, 7) is 1.34. The molecule has 0 unspecified atom stereocenters. The first kappa shape index (κ1) is 8.59. The van der Waals surface area contributed by atoms with Gasteiger partial charge in [-0.3, -0.25) is 0 Å². The maximum atomic E-state index is 8.45. The molecule has 0 bridgehead atoms. The van der Waals surface area contributed by atoms with E-state index in [0.29, 0.717) is 18.3 Å². The van der Waals surface area contributed by atoms with Crippen molar-refractivity contribution in [1.82, 2.24) is 5.32 Å². The molecule has 1 rings (SSSR count). The highest BCUT2D eigenvalue weighted by molar-refractivity contribution is 6.29. The number of hydrogen-bond donors (Lipinski definition) is 2. The minimum atomic E-state index is 0.134. The summed E-state index contributed by atoms with van der Waals surface area (Å²) in [5.41, 5.74) is 0.917. The van der Waals surface area contributed by atoms with Gasteiger partial charge in [0, 0.05) is 18.7 Å². The van der Waals surface area contributed by atoms with Crippen LogP contribution in [0.15, 0.2) is 16.7 Å². The highest BCUT2D eigenvalue weighted by Crippen LogP contribution is 2.15. The predicted molar refractivity (Wildman–Crippen MR) is 42.5 cm³/mol. The van der Waals surface area contributed by atoms with Gasteiger partial charge in [-0.1, -0.05) is 0 Å². The van der Waals surface area contributed by atoms with Gasteiger partial charge in [-0.15, -0.1) is 0 Å². The molecular weight excluding hydrogens is 166 g/mol. The zero-order valence-electron chi connectivity index (χ0n) is 6.01. The standard InChI is InChI=1S/C7H10ClNO2/c8-7-6(1-4-11-7)5-9-2-3-10/h1,4,9-10H,2-3,5H2. The van der Waals surface area contributed by atoms with Gasteiger partial charge in [0.1, 0.15) is 0 Å². The third kappa shape index (κ3) is 2.54. The van der Waals surface area contributed by atoms with Gasteiger partial charge in [-0.2, -0.15) is 0 Å². The Hall–Kier alpha value is -0.510. The lowest BCUT2D eigenvalue weighted by Gasteiger charge is -1.98. The highest BCUT2D eigenvalue weighted by Gasteiger charge is 2.00. The summed E-state index contributed by atoms with van der Waals surface area (Å²) in [6.07, 6.45) is 1.54. The quantitative estimate of drug-likeness (QED) is 0.672. The maximum Gasteiger partial charge on any atom is 0.197 e. The molecule has 2 N–H and O–H groups in total. The Kier molecular flexibility index (Phi) is 3.42. The number of halogens is 1. The maximum absolute atomic E-state index is 8.45. The fraction of sp³-hybridized carbons (Fsp3) is 0.429. The van der Waals surface area contributed by atoms with E-state index in [1.54, 1.807) is 6.07 Å². The van der Waals surface area contributed by atoms with Gasteiger partial charge in [0.2, 0.25) is 0 Å². The molecule has 0 fully saturated rings. The number of hydrogen-bond acceptors (Lipinski definition) is 3. The molecule has 0 aliphatic carbocycles. The SMILES string of the molecule is OCCNCc1ccoc1Cl. The van der Waals surface area contributed by atoms with Gasteiger partial charge in [0.25, 0.3) is 0 Å². The van der Waals surface area contributed by atoms with Gasteiger partial charge in [-0.05, 0) is 17.7 Å². The Morgan fingerprint density at radius 2 is 2.45 bits per heavy atom. The van der Waals surface area contributed by atoms with Crippen LogP contribution in [0.5, 0.6) is 0 Å². The summed E-state index contributed by atoms with van der Waals surface area (Å²) in [6, 6.07) is 1.80. The molecule has 1 aromatic rings. The number of nitrogens with one attached hydrogen (secondary N) is 1. The second kappa shape index (κ2) is 4.38. The fourth-order valence-corrected chi connectivity index (χ4v) is 0.929. The molecule has 1 heterocycles. The molecule has 11 heavy (non-hydrogen) atoms. The fourth-order valence-electron chi connectivity index (χ4n) is 0.748. The van der Waals surface area contributed by atoms with E-state index in [-0.39, 0.29) is 6.61 Å². The first-order valence-corrected chi connectivity index (χ1v) is 3.76. The zero-order chi connectivity index (χ0) is 8.10. The second-order valence-electron chi connectivity index (χ2n) is 2.12. The van der Waals surface area contributed by atoms with E-state index in [0.717, 1.165) is 5.56 Å². The van der Waals surface area contributed by atoms with E-state index in [4.69, 9.17) is 21.1 Å². The van der Waals surface area contributed by atoms with Crippen LogP contribution in [0, 0.1) is 0 Å². The highest BCUT2D eigenvalue weighted by atomic mass is 35.5. The van der Waals surface area contributed by atoms with Crippen LogP contribution in [0.4, 0.5) is 0 Å². The van der Waals surface area contributed by atoms with Crippen molar-refractivity contribution in [3.05, 3.63) is 23.1 Å². The van der Waals surface area contributed by atoms with Crippen LogP contribution in [0.3, 0.4) is 0 Å². The van der Waals surface area contributed by atoms with E-state index >= 15 is 0 Å². The molecule has 0 aliphatic heterocycles. The van der Waals surface area contributed by atoms with Crippen LogP contribution in [0.2, 0.25) is 5.22 Å². The Labute approximate surface area is 70.0 Å². The van der Waals surface area contributed by atoms with Crippen LogP contribution in [0.25, 0.3) is 0 Å². The normalized spacial score (nSPS) is 10.4. The Morgan fingerprint density at radius 1 is 1.64 bits per heavy atom. The molecular formula is C7H10ClNO2. The number of aliphatic hydroxyl groups is 1. The van der Waals surface area contributed by atoms with E-state index in [9.17, 15) is 0 Å². The smallest absolute Gasteiger partial charge is 0.197 e. The monoisotopic (exact) mass is 175 g/mol. The van der Waals surface area contributed by atoms with E-state index in [2.05, 4.69) is 5.32 Å². The Balaban J connectivity index is 2.32. The van der Waals surface area contributed by atoms with Crippen LogP contribution in [-0.2, 0) is 6.54 Å². The Morgan fingerprint density at radius 3 is 3.00 bits per heavy atom. The summed E-state index contributed by atoms with van der Waals surface area (Å²) in [7, 11) is 0. The molecule has 0 radical (unpaired) electrons. The van der Waals surface area contributed by atoms with Crippen LogP contribution in [0.1, 0.15) is 5.56 Å². The average Bonchev–Trinajstić information content (AvgIpc) is 2.37. The van der Waals surface area contributed by atoms with Crippen LogP contribution in [-0.4, -0.2) is 18.3 Å². The average molecular weight is 176 g/mol. The summed E-state index contributed by atoms with van der Waals surface area (Å²) >= 11 is 5.65. The van der Waals surface area contributed by atoms with Gasteiger partial charge in [0.15, 0.2) is 5.22 Å². The van der Waals surface area contributed by atoms with E-state index < -0.39 is 0 Å². The lowest BCUT2D eigenvalue weighted by Crippen LogP contribution is -2.17. The van der Waals surface area contributed by atoms with E-state index in [1.807, 2.05) is 0 Å². The minimum Gasteiger partial charge on any atom is -0.453 e. The minimum absolute atomic E-state index is 0.134. The molecule has 1 aromatic heterocycles. The zero-order valence-corrected chi connectivity index (χ0v) is 6.77. The molecule has 3 nitrogen and oxygen atoms in total. The van der Waals surface area contributed by atoms with Crippen molar-refractivity contribution < 1.29 is 9.52 Å². The van der Waals surface area contributed by atoms with Crippen molar-refractivity contribution in [2.45, 2.75) is 6.54 Å². The largest absolute Gasteiger partial charge is 0.453 e. The van der Waals surface area contributed by atoms with Crippen molar-refractivity contribution in [1.29, 1.82) is 0 Å². The van der Waals surface area contributed by atoms with Gasteiger partial charge in [-0.25, -0.2) is 0 Å².